The molecule has 0 amide bonds. The van der Waals surface area contributed by atoms with Gasteiger partial charge in [-0.3, -0.25) is 0 Å². The zero-order valence-corrected chi connectivity index (χ0v) is 13.4. The molecule has 4 atom stereocenters. The van der Waals surface area contributed by atoms with Crippen LogP contribution < -0.4 is 0 Å². The summed E-state index contributed by atoms with van der Waals surface area (Å²) >= 11 is -0.469. The summed E-state index contributed by atoms with van der Waals surface area (Å²) in [4.78, 5) is 0. The van der Waals surface area contributed by atoms with Crippen LogP contribution in [0.25, 0.3) is 0 Å². The highest BCUT2D eigenvalue weighted by molar-refractivity contribution is 6.62. The summed E-state index contributed by atoms with van der Waals surface area (Å²) in [7, 11) is 0. The zero-order chi connectivity index (χ0) is 12.3. The van der Waals surface area contributed by atoms with E-state index in [1.807, 2.05) is 0 Å². The van der Waals surface area contributed by atoms with Gasteiger partial charge < -0.3 is 0 Å². The zero-order valence-electron chi connectivity index (χ0n) is 12.3. The lowest BCUT2D eigenvalue weighted by atomic mass is 10.0. The molecule has 0 saturated heterocycles. The Morgan fingerprint density at radius 1 is 0.765 bits per heavy atom. The van der Waals surface area contributed by atoms with Crippen LogP contribution in [0.2, 0.25) is 14.8 Å². The van der Waals surface area contributed by atoms with Crippen LogP contribution in [-0.2, 0) is 0 Å². The molecule has 0 aromatic rings. The molecule has 0 nitrogen and oxygen atoms in total. The van der Waals surface area contributed by atoms with E-state index in [0.717, 1.165) is 11.8 Å². The van der Waals surface area contributed by atoms with Crippen molar-refractivity contribution in [2.75, 3.05) is 0 Å². The Kier molecular flexibility index (Phi) is 5.44. The van der Waals surface area contributed by atoms with E-state index in [1.165, 1.54) is 22.4 Å². The Labute approximate surface area is 113 Å². The minimum absolute atomic E-state index is 0.469. The lowest BCUT2D eigenvalue weighted by Crippen LogP contribution is -2.30. The van der Waals surface area contributed by atoms with Gasteiger partial charge in [-0.1, -0.05) is 98.8 Å². The van der Waals surface area contributed by atoms with E-state index in [-0.39, 0.29) is 0 Å². The molecule has 0 aromatic heterocycles. The Morgan fingerprint density at radius 3 is 1.59 bits per heavy atom. The van der Waals surface area contributed by atoms with Gasteiger partial charge in [0.05, 0.1) is 0 Å². The van der Waals surface area contributed by atoms with Crippen LogP contribution in [0.15, 0.2) is 0 Å². The summed E-state index contributed by atoms with van der Waals surface area (Å²) in [5, 5.41) is 1.59. The van der Waals surface area contributed by atoms with Crippen LogP contribution in [0.4, 0.5) is 0 Å². The van der Waals surface area contributed by atoms with Crippen molar-refractivity contribution in [2.45, 2.75) is 87.0 Å². The van der Waals surface area contributed by atoms with E-state index in [4.69, 9.17) is 0 Å². The third-order valence-corrected chi connectivity index (χ3v) is 11.0. The first-order valence-electron chi connectivity index (χ1n) is 8.31. The summed E-state index contributed by atoms with van der Waals surface area (Å²) in [6.07, 6.45) is 12.4. The smallest absolute Gasteiger partial charge is 0.0964 e. The number of hydrogen-bond donors (Lipinski definition) is 0. The molecular weight excluding hydrogens is 219 g/mol. The molecule has 2 rings (SSSR count). The maximum Gasteiger partial charge on any atom is 0.269 e. The van der Waals surface area contributed by atoms with Gasteiger partial charge in [0.1, 0.15) is 0 Å². The first kappa shape index (κ1) is 14.0. The van der Waals surface area contributed by atoms with Crippen molar-refractivity contribution < 1.29 is 0 Å². The molecule has 0 bridgehead atoms. The lowest BCUT2D eigenvalue weighted by molar-refractivity contribution is 0.487. The van der Waals surface area contributed by atoms with Gasteiger partial charge in [0, 0.05) is 0 Å². The average molecular weight is 250 g/mol. The van der Waals surface area contributed by atoms with E-state index in [0.29, 0.717) is 0 Å². The van der Waals surface area contributed by atoms with Gasteiger partial charge in [0.15, 0.2) is 0 Å². The van der Waals surface area contributed by atoms with Gasteiger partial charge in [-0.2, -0.15) is 0 Å². The molecule has 0 N–H and O–H groups in total. The molecule has 4 unspecified atom stereocenters. The third kappa shape index (κ3) is 2.93. The molecule has 2 aliphatic rings. The molecule has 17 heavy (non-hydrogen) atoms. The number of hydrogen-bond acceptors (Lipinski definition) is 0. The fourth-order valence-corrected chi connectivity index (χ4v) is 10.7. The van der Waals surface area contributed by atoms with Crippen molar-refractivity contribution in [1.29, 1.82) is 0 Å². The minimum Gasteiger partial charge on any atom is -0.0964 e. The largest absolute Gasteiger partial charge is 0.269 e. The highest BCUT2D eigenvalue weighted by Gasteiger charge is 2.43. The normalized spacial score (nSPS) is 37.6. The van der Waals surface area contributed by atoms with E-state index >= 15 is 0 Å². The highest BCUT2D eigenvalue weighted by atomic mass is 27.2. The van der Waals surface area contributed by atoms with E-state index in [1.54, 1.807) is 43.8 Å². The maximum atomic E-state index is 2.52. The van der Waals surface area contributed by atoms with Gasteiger partial charge in [0.2, 0.25) is 0 Å². The first-order chi connectivity index (χ1) is 8.31. The molecular formula is C16H31Al. The van der Waals surface area contributed by atoms with Gasteiger partial charge in [-0.25, -0.2) is 0 Å². The summed E-state index contributed by atoms with van der Waals surface area (Å²) in [6, 6.07) is 0. The second-order valence-corrected chi connectivity index (χ2v) is 10.5. The number of rotatable bonds is 5. The monoisotopic (exact) mass is 250 g/mol. The van der Waals surface area contributed by atoms with Gasteiger partial charge in [0.25, 0.3) is 14.1 Å². The van der Waals surface area contributed by atoms with Crippen molar-refractivity contribution in [3.05, 3.63) is 0 Å². The predicted octanol–water partition coefficient (Wildman–Crippen LogP) is 5.66. The molecule has 0 radical (unpaired) electrons. The van der Waals surface area contributed by atoms with Gasteiger partial charge in [-0.05, 0) is 0 Å². The topological polar surface area (TPSA) is 0 Å². The Morgan fingerprint density at radius 2 is 1.24 bits per heavy atom. The van der Waals surface area contributed by atoms with Crippen LogP contribution in [0.5, 0.6) is 0 Å². The fraction of sp³-hybridized carbons (Fsp3) is 1.00. The van der Waals surface area contributed by atoms with E-state index in [9.17, 15) is 0 Å². The average Bonchev–Trinajstić information content (AvgIpc) is 2.98. The van der Waals surface area contributed by atoms with Gasteiger partial charge >= 0.3 is 0 Å². The predicted molar refractivity (Wildman–Crippen MR) is 79.0 cm³/mol. The SMILES string of the molecule is CCC1CCC[CH]1[Al]([CH2]C)[CH]1CCCC1CC. The molecule has 0 aromatic carbocycles. The minimum atomic E-state index is -0.469. The lowest BCUT2D eigenvalue weighted by Gasteiger charge is -2.31. The van der Waals surface area contributed by atoms with Crippen LogP contribution in [0, 0.1) is 11.8 Å². The molecule has 0 heterocycles. The summed E-state index contributed by atoms with van der Waals surface area (Å²) in [5.41, 5.74) is 0. The Balaban J connectivity index is 2.04. The Bertz CT molecular complexity index is 204. The molecule has 2 aliphatic carbocycles. The molecule has 2 saturated carbocycles. The first-order valence-corrected chi connectivity index (χ1v) is 10.5. The third-order valence-electron chi connectivity index (χ3n) is 6.06. The Hall–Kier alpha value is 0.532. The molecule has 2 fully saturated rings. The van der Waals surface area contributed by atoms with E-state index < -0.39 is 14.1 Å². The summed E-state index contributed by atoms with van der Waals surface area (Å²) in [6.45, 7) is 7.40. The van der Waals surface area contributed by atoms with Crippen LogP contribution in [0.3, 0.4) is 0 Å². The van der Waals surface area contributed by atoms with Crippen LogP contribution >= 0.6 is 0 Å². The van der Waals surface area contributed by atoms with Crippen molar-refractivity contribution in [3.8, 4) is 0 Å². The maximum absolute atomic E-state index is 2.52. The second-order valence-electron chi connectivity index (χ2n) is 6.60. The fourth-order valence-electron chi connectivity index (χ4n) is 5.20. The quantitative estimate of drug-likeness (QED) is 0.552. The van der Waals surface area contributed by atoms with Crippen LogP contribution in [0.1, 0.15) is 72.1 Å². The molecule has 0 spiro atoms. The van der Waals surface area contributed by atoms with Crippen molar-refractivity contribution >= 4 is 14.1 Å². The molecule has 0 aliphatic heterocycles. The molecule has 98 valence electrons. The standard InChI is InChI=1S/2C7H13.C2H5.Al/c2*1-2-7-5-3-4-6-7;1-2;/h2*5,7H,2-4,6H2,1H3;1H2,2H3;. The second kappa shape index (κ2) is 6.63. The molecule has 1 heteroatoms. The van der Waals surface area contributed by atoms with Crippen molar-refractivity contribution in [1.82, 2.24) is 0 Å². The van der Waals surface area contributed by atoms with Crippen molar-refractivity contribution in [3.63, 3.8) is 0 Å². The summed E-state index contributed by atoms with van der Waals surface area (Å²) in [5.74, 6) is 2.26. The van der Waals surface area contributed by atoms with Gasteiger partial charge in [-0.15, -0.1) is 0 Å². The van der Waals surface area contributed by atoms with Crippen LogP contribution in [-0.4, -0.2) is 14.1 Å². The van der Waals surface area contributed by atoms with Crippen molar-refractivity contribution in [2.24, 2.45) is 11.8 Å². The highest BCUT2D eigenvalue weighted by Crippen LogP contribution is 2.51. The summed E-state index contributed by atoms with van der Waals surface area (Å²) < 4.78 is 2.45. The van der Waals surface area contributed by atoms with E-state index in [2.05, 4.69) is 20.8 Å².